The molecule has 0 fully saturated rings. The quantitative estimate of drug-likeness (QED) is 0.546. The summed E-state index contributed by atoms with van der Waals surface area (Å²) in [4.78, 5) is 19.1. The summed E-state index contributed by atoms with van der Waals surface area (Å²) in [7, 11) is 0. The number of fused-ring (bicyclic) bond motifs is 3. The Morgan fingerprint density at radius 2 is 2.19 bits per heavy atom. The molecule has 0 radical (unpaired) electrons. The summed E-state index contributed by atoms with van der Waals surface area (Å²) in [6.07, 6.45) is 0.897. The fourth-order valence-electron chi connectivity index (χ4n) is 2.27. The molecule has 21 heavy (non-hydrogen) atoms. The minimum absolute atomic E-state index is 0.359. The van der Waals surface area contributed by atoms with E-state index in [0.29, 0.717) is 22.8 Å². The van der Waals surface area contributed by atoms with Gasteiger partial charge >= 0.3 is 5.69 Å². The first kappa shape index (κ1) is 11.7. The van der Waals surface area contributed by atoms with Crippen LogP contribution in [0.15, 0.2) is 23.0 Å². The van der Waals surface area contributed by atoms with Gasteiger partial charge in [-0.2, -0.15) is 9.50 Å². The lowest BCUT2D eigenvalue weighted by atomic mass is 10.1. The molecule has 9 heteroatoms. The molecule has 0 unspecified atom stereocenters. The maximum atomic E-state index is 12.0. The highest BCUT2D eigenvalue weighted by molar-refractivity contribution is 5.91. The first-order valence-electron chi connectivity index (χ1n) is 6.42. The van der Waals surface area contributed by atoms with Gasteiger partial charge in [0.05, 0.1) is 5.52 Å². The standard InChI is InChI=1S/C12H10N8O/c1-2-6-3-4-8-7(5-6)11-14-9(10-15-18-19-16-10)17-20(11)12(21)13-8/h3-5H,2H2,1H3,(H,14,17)(H,15,16,18,19). The number of tetrazole rings is 1. The zero-order valence-electron chi connectivity index (χ0n) is 11.0. The third-order valence-corrected chi connectivity index (χ3v) is 3.34. The fraction of sp³-hybridized carbons (Fsp3) is 0.167. The number of hydrogen-bond donors (Lipinski definition) is 2. The van der Waals surface area contributed by atoms with Crippen molar-refractivity contribution in [2.45, 2.75) is 13.3 Å². The molecule has 0 saturated carbocycles. The molecule has 1 aromatic carbocycles. The third kappa shape index (κ3) is 1.71. The predicted octanol–water partition coefficient (Wildman–Crippen LogP) is 0.313. The van der Waals surface area contributed by atoms with Crippen LogP contribution in [0.5, 0.6) is 0 Å². The van der Waals surface area contributed by atoms with Gasteiger partial charge in [0, 0.05) is 5.39 Å². The lowest BCUT2D eigenvalue weighted by Crippen LogP contribution is -2.17. The van der Waals surface area contributed by atoms with E-state index >= 15 is 0 Å². The lowest BCUT2D eigenvalue weighted by Gasteiger charge is -2.01. The Labute approximate surface area is 117 Å². The van der Waals surface area contributed by atoms with Crippen molar-refractivity contribution >= 4 is 16.6 Å². The number of nitrogens with one attached hydrogen (secondary N) is 2. The lowest BCUT2D eigenvalue weighted by molar-refractivity contribution is 0.880. The Bertz CT molecular complexity index is 997. The largest absolute Gasteiger partial charge is 0.370 e. The van der Waals surface area contributed by atoms with E-state index < -0.39 is 5.69 Å². The Kier molecular flexibility index (Phi) is 2.34. The molecule has 4 aromatic rings. The average molecular weight is 282 g/mol. The molecule has 9 nitrogen and oxygen atoms in total. The molecule has 0 aliphatic heterocycles. The van der Waals surface area contributed by atoms with Crippen molar-refractivity contribution in [3.63, 3.8) is 0 Å². The molecule has 0 saturated heterocycles. The number of aromatic nitrogens is 8. The summed E-state index contributed by atoms with van der Waals surface area (Å²) in [5, 5.41) is 18.4. The highest BCUT2D eigenvalue weighted by atomic mass is 16.1. The van der Waals surface area contributed by atoms with Gasteiger partial charge in [0.15, 0.2) is 5.82 Å². The van der Waals surface area contributed by atoms with E-state index in [0.717, 1.165) is 17.4 Å². The van der Waals surface area contributed by atoms with Crippen molar-refractivity contribution in [1.82, 2.24) is 40.2 Å². The topological polar surface area (TPSA) is 118 Å². The number of aryl methyl sites for hydroxylation is 1. The van der Waals surface area contributed by atoms with Gasteiger partial charge in [-0.05, 0) is 34.5 Å². The highest BCUT2D eigenvalue weighted by Gasteiger charge is 2.13. The zero-order chi connectivity index (χ0) is 14.4. The van der Waals surface area contributed by atoms with Crippen LogP contribution in [-0.4, -0.2) is 40.2 Å². The zero-order valence-corrected chi connectivity index (χ0v) is 11.0. The van der Waals surface area contributed by atoms with Crippen LogP contribution in [0.4, 0.5) is 0 Å². The van der Waals surface area contributed by atoms with E-state index in [4.69, 9.17) is 0 Å². The Hall–Kier alpha value is -3.10. The van der Waals surface area contributed by atoms with Crippen molar-refractivity contribution in [2.75, 3.05) is 0 Å². The minimum atomic E-state index is -0.447. The van der Waals surface area contributed by atoms with Crippen LogP contribution in [0.25, 0.3) is 28.2 Å². The molecule has 0 amide bonds. The maximum Gasteiger partial charge on any atom is 0.370 e. The van der Waals surface area contributed by atoms with Crippen molar-refractivity contribution in [3.8, 4) is 11.6 Å². The Morgan fingerprint density at radius 1 is 1.29 bits per heavy atom. The minimum Gasteiger partial charge on any atom is -0.319 e. The van der Waals surface area contributed by atoms with Crippen LogP contribution in [-0.2, 0) is 6.42 Å². The molecule has 0 spiro atoms. The normalized spacial score (nSPS) is 11.5. The summed E-state index contributed by atoms with van der Waals surface area (Å²) in [5.74, 6) is 0.742. The molecule has 0 aliphatic carbocycles. The van der Waals surface area contributed by atoms with Gasteiger partial charge < -0.3 is 4.98 Å². The van der Waals surface area contributed by atoms with Crippen LogP contribution in [0.3, 0.4) is 0 Å². The van der Waals surface area contributed by atoms with Crippen LogP contribution < -0.4 is 5.69 Å². The summed E-state index contributed by atoms with van der Waals surface area (Å²) in [5.41, 5.74) is 1.91. The third-order valence-electron chi connectivity index (χ3n) is 3.34. The summed E-state index contributed by atoms with van der Waals surface area (Å²) < 4.78 is 1.22. The molecule has 104 valence electrons. The fourth-order valence-corrected chi connectivity index (χ4v) is 2.27. The number of rotatable bonds is 2. The van der Waals surface area contributed by atoms with E-state index in [2.05, 4.69) is 42.6 Å². The SMILES string of the molecule is CCc1ccc2nc(=O)n3nc(-c4nnn[nH]4)[nH]c3c2c1. The van der Waals surface area contributed by atoms with Gasteiger partial charge in [-0.3, -0.25) is 0 Å². The van der Waals surface area contributed by atoms with Crippen LogP contribution in [0.2, 0.25) is 0 Å². The van der Waals surface area contributed by atoms with Crippen LogP contribution >= 0.6 is 0 Å². The molecule has 0 atom stereocenters. The smallest absolute Gasteiger partial charge is 0.319 e. The number of H-pyrrole nitrogens is 2. The first-order valence-corrected chi connectivity index (χ1v) is 6.42. The second-order valence-electron chi connectivity index (χ2n) is 4.58. The van der Waals surface area contributed by atoms with Crippen molar-refractivity contribution in [2.24, 2.45) is 0 Å². The van der Waals surface area contributed by atoms with E-state index in [1.165, 1.54) is 4.52 Å². The van der Waals surface area contributed by atoms with Gasteiger partial charge in [0.25, 0.3) is 0 Å². The Balaban J connectivity index is 2.10. The Morgan fingerprint density at radius 3 is 2.95 bits per heavy atom. The van der Waals surface area contributed by atoms with Gasteiger partial charge in [-0.25, -0.2) is 9.89 Å². The van der Waals surface area contributed by atoms with E-state index in [9.17, 15) is 4.79 Å². The van der Waals surface area contributed by atoms with Gasteiger partial charge in [-0.1, -0.05) is 13.0 Å². The number of hydrogen-bond acceptors (Lipinski definition) is 6. The van der Waals surface area contributed by atoms with E-state index in [-0.39, 0.29) is 0 Å². The van der Waals surface area contributed by atoms with E-state index in [1.54, 1.807) is 0 Å². The van der Waals surface area contributed by atoms with Gasteiger partial charge in [0.1, 0.15) is 5.65 Å². The average Bonchev–Trinajstić information content (AvgIpc) is 3.16. The molecule has 3 heterocycles. The molecule has 0 aliphatic rings. The molecular weight excluding hydrogens is 272 g/mol. The predicted molar refractivity (Wildman–Crippen MR) is 73.7 cm³/mol. The second-order valence-corrected chi connectivity index (χ2v) is 4.58. The molecule has 2 N–H and O–H groups in total. The molecule has 0 bridgehead atoms. The highest BCUT2D eigenvalue weighted by Crippen LogP contribution is 2.19. The summed E-state index contributed by atoms with van der Waals surface area (Å²) >= 11 is 0. The molecule has 4 rings (SSSR count). The second kappa shape index (κ2) is 4.20. The summed E-state index contributed by atoms with van der Waals surface area (Å²) in [6, 6.07) is 5.80. The number of nitrogens with zero attached hydrogens (tertiary/aromatic N) is 6. The van der Waals surface area contributed by atoms with Crippen molar-refractivity contribution in [1.29, 1.82) is 0 Å². The van der Waals surface area contributed by atoms with Crippen LogP contribution in [0.1, 0.15) is 12.5 Å². The number of aromatic amines is 2. The van der Waals surface area contributed by atoms with E-state index in [1.807, 2.05) is 18.2 Å². The monoisotopic (exact) mass is 282 g/mol. The molecule has 3 aromatic heterocycles. The van der Waals surface area contributed by atoms with Crippen molar-refractivity contribution < 1.29 is 0 Å². The number of benzene rings is 1. The first-order chi connectivity index (χ1) is 10.3. The maximum absolute atomic E-state index is 12.0. The van der Waals surface area contributed by atoms with Crippen LogP contribution in [0, 0.1) is 0 Å². The van der Waals surface area contributed by atoms with Crippen molar-refractivity contribution in [3.05, 3.63) is 34.2 Å². The van der Waals surface area contributed by atoms with Gasteiger partial charge in [-0.15, -0.1) is 10.2 Å². The summed E-state index contributed by atoms with van der Waals surface area (Å²) in [6.45, 7) is 2.07. The molecular formula is C12H10N8O. The van der Waals surface area contributed by atoms with Gasteiger partial charge in [0.2, 0.25) is 5.82 Å².